The predicted octanol–water partition coefficient (Wildman–Crippen LogP) is 5.84. The van der Waals surface area contributed by atoms with Gasteiger partial charge in [-0.3, -0.25) is 9.59 Å². The van der Waals surface area contributed by atoms with Gasteiger partial charge in [0, 0.05) is 34.6 Å². The SMILES string of the molecule is CC(C)NC(=O)[C@H](Cc1ccccc1)N(Cc1ccccc1F)C(=O)Cc1ccc(Cl)cc1Cl. The molecule has 4 nitrogen and oxygen atoms in total. The minimum atomic E-state index is -0.844. The van der Waals surface area contributed by atoms with Gasteiger partial charge in [0.15, 0.2) is 0 Å². The number of nitrogens with zero attached hydrogens (tertiary/aromatic N) is 1. The van der Waals surface area contributed by atoms with Crippen LogP contribution in [0.4, 0.5) is 4.39 Å². The number of hydrogen-bond donors (Lipinski definition) is 1. The van der Waals surface area contributed by atoms with Crippen molar-refractivity contribution < 1.29 is 14.0 Å². The highest BCUT2D eigenvalue weighted by Crippen LogP contribution is 2.24. The van der Waals surface area contributed by atoms with E-state index in [4.69, 9.17) is 23.2 Å². The van der Waals surface area contributed by atoms with Crippen LogP contribution in [0.5, 0.6) is 0 Å². The zero-order chi connectivity index (χ0) is 24.7. The van der Waals surface area contributed by atoms with E-state index in [0.29, 0.717) is 21.2 Å². The summed E-state index contributed by atoms with van der Waals surface area (Å²) >= 11 is 12.3. The van der Waals surface area contributed by atoms with Crippen LogP contribution in [0, 0.1) is 5.82 Å². The number of hydrogen-bond acceptors (Lipinski definition) is 2. The van der Waals surface area contributed by atoms with Gasteiger partial charge in [0.25, 0.3) is 0 Å². The second-order valence-corrected chi connectivity index (χ2v) is 9.24. The number of carbonyl (C=O) groups excluding carboxylic acids is 2. The highest BCUT2D eigenvalue weighted by atomic mass is 35.5. The van der Waals surface area contributed by atoms with Gasteiger partial charge < -0.3 is 10.2 Å². The molecule has 0 heterocycles. The number of benzene rings is 3. The first-order valence-corrected chi connectivity index (χ1v) is 11.8. The van der Waals surface area contributed by atoms with Crippen molar-refractivity contribution in [2.24, 2.45) is 0 Å². The van der Waals surface area contributed by atoms with Crippen LogP contribution in [0.3, 0.4) is 0 Å². The average molecular weight is 501 g/mol. The van der Waals surface area contributed by atoms with E-state index >= 15 is 0 Å². The summed E-state index contributed by atoms with van der Waals surface area (Å²) in [4.78, 5) is 28.4. The summed E-state index contributed by atoms with van der Waals surface area (Å²) < 4.78 is 14.6. The minimum absolute atomic E-state index is 0.0509. The average Bonchev–Trinajstić information content (AvgIpc) is 2.79. The van der Waals surface area contributed by atoms with Crippen molar-refractivity contribution >= 4 is 35.0 Å². The van der Waals surface area contributed by atoms with Crippen molar-refractivity contribution in [3.05, 3.63) is 105 Å². The highest BCUT2D eigenvalue weighted by molar-refractivity contribution is 6.35. The number of rotatable bonds is 9. The molecule has 0 fully saturated rings. The molecule has 1 atom stereocenters. The standard InChI is InChI=1S/C27H27Cl2FN2O2/c1-18(2)31-27(34)25(14-19-8-4-3-5-9-19)32(17-21-10-6-7-11-24(21)30)26(33)15-20-12-13-22(28)16-23(20)29/h3-13,16,18,25H,14-15,17H2,1-2H3,(H,31,34)/t25-/m0/s1. The van der Waals surface area contributed by atoms with E-state index < -0.39 is 11.9 Å². The third kappa shape index (κ3) is 7.05. The van der Waals surface area contributed by atoms with E-state index in [9.17, 15) is 14.0 Å². The van der Waals surface area contributed by atoms with Gasteiger partial charge in [-0.1, -0.05) is 77.8 Å². The summed E-state index contributed by atoms with van der Waals surface area (Å²) in [5.41, 5.74) is 1.80. The number of halogens is 3. The van der Waals surface area contributed by atoms with Gasteiger partial charge in [-0.2, -0.15) is 0 Å². The lowest BCUT2D eigenvalue weighted by Gasteiger charge is -2.32. The van der Waals surface area contributed by atoms with Gasteiger partial charge in [-0.05, 0) is 43.2 Å². The van der Waals surface area contributed by atoms with Crippen LogP contribution in [0.15, 0.2) is 72.8 Å². The van der Waals surface area contributed by atoms with Gasteiger partial charge in [0.05, 0.1) is 6.42 Å². The summed E-state index contributed by atoms with van der Waals surface area (Å²) in [6.07, 6.45) is 0.235. The molecule has 0 aliphatic rings. The summed E-state index contributed by atoms with van der Waals surface area (Å²) in [7, 11) is 0. The zero-order valence-corrected chi connectivity index (χ0v) is 20.6. The molecule has 0 spiro atoms. The van der Waals surface area contributed by atoms with Crippen LogP contribution >= 0.6 is 23.2 Å². The fourth-order valence-corrected chi connectivity index (χ4v) is 4.15. The first-order valence-electron chi connectivity index (χ1n) is 11.1. The molecule has 3 aromatic carbocycles. The van der Waals surface area contributed by atoms with E-state index in [1.54, 1.807) is 36.4 Å². The number of carbonyl (C=O) groups is 2. The molecule has 178 valence electrons. The lowest BCUT2D eigenvalue weighted by molar-refractivity contribution is -0.141. The number of amides is 2. The predicted molar refractivity (Wildman–Crippen MR) is 134 cm³/mol. The van der Waals surface area contributed by atoms with Crippen LogP contribution in [-0.2, 0) is 29.0 Å². The molecule has 7 heteroatoms. The zero-order valence-electron chi connectivity index (χ0n) is 19.1. The molecule has 3 aromatic rings. The Bertz CT molecular complexity index is 1140. The van der Waals surface area contributed by atoms with Crippen LogP contribution in [0.25, 0.3) is 0 Å². The Hall–Kier alpha value is -2.89. The van der Waals surface area contributed by atoms with Gasteiger partial charge in [0.1, 0.15) is 11.9 Å². The minimum Gasteiger partial charge on any atom is -0.352 e. The van der Waals surface area contributed by atoms with Crippen LogP contribution < -0.4 is 5.32 Å². The van der Waals surface area contributed by atoms with Crippen molar-refractivity contribution in [3.8, 4) is 0 Å². The Morgan fingerprint density at radius 3 is 2.26 bits per heavy atom. The van der Waals surface area contributed by atoms with E-state index in [1.807, 2.05) is 44.2 Å². The maximum absolute atomic E-state index is 14.6. The van der Waals surface area contributed by atoms with Crippen molar-refractivity contribution in [2.75, 3.05) is 0 Å². The van der Waals surface area contributed by atoms with E-state index in [1.165, 1.54) is 11.0 Å². The Kier molecular flexibility index (Phi) is 9.08. The van der Waals surface area contributed by atoms with Gasteiger partial charge in [-0.15, -0.1) is 0 Å². The molecule has 0 unspecified atom stereocenters. The molecule has 0 saturated carbocycles. The number of nitrogens with one attached hydrogen (secondary N) is 1. The maximum atomic E-state index is 14.6. The molecule has 3 rings (SSSR count). The summed E-state index contributed by atoms with van der Waals surface area (Å²) in [6.45, 7) is 3.65. The Balaban J connectivity index is 2.00. The van der Waals surface area contributed by atoms with Gasteiger partial charge >= 0.3 is 0 Å². The van der Waals surface area contributed by atoms with E-state index in [-0.39, 0.29) is 37.2 Å². The molecule has 0 bridgehead atoms. The van der Waals surface area contributed by atoms with E-state index in [2.05, 4.69) is 5.32 Å². The summed E-state index contributed by atoms with van der Waals surface area (Å²) in [5.74, 6) is -1.08. The maximum Gasteiger partial charge on any atom is 0.243 e. The molecular formula is C27H27Cl2FN2O2. The van der Waals surface area contributed by atoms with Gasteiger partial charge in [-0.25, -0.2) is 4.39 Å². The smallest absolute Gasteiger partial charge is 0.243 e. The second kappa shape index (κ2) is 12.0. The fourth-order valence-electron chi connectivity index (χ4n) is 3.67. The molecule has 0 aliphatic carbocycles. The first-order chi connectivity index (χ1) is 16.2. The molecule has 0 radical (unpaired) electrons. The van der Waals surface area contributed by atoms with Crippen molar-refractivity contribution in [3.63, 3.8) is 0 Å². The largest absolute Gasteiger partial charge is 0.352 e. The van der Waals surface area contributed by atoms with E-state index in [0.717, 1.165) is 5.56 Å². The van der Waals surface area contributed by atoms with Crippen molar-refractivity contribution in [2.45, 2.75) is 45.3 Å². The third-order valence-electron chi connectivity index (χ3n) is 5.36. The second-order valence-electron chi connectivity index (χ2n) is 8.39. The first kappa shape index (κ1) is 25.7. The summed E-state index contributed by atoms with van der Waals surface area (Å²) in [5, 5.41) is 3.73. The topological polar surface area (TPSA) is 49.4 Å². The molecule has 0 aromatic heterocycles. The third-order valence-corrected chi connectivity index (χ3v) is 5.94. The van der Waals surface area contributed by atoms with Crippen LogP contribution in [-0.4, -0.2) is 28.8 Å². The quantitative estimate of drug-likeness (QED) is 0.401. The normalized spacial score (nSPS) is 11.8. The van der Waals surface area contributed by atoms with Crippen molar-refractivity contribution in [1.29, 1.82) is 0 Å². The Labute approximate surface area is 209 Å². The lowest BCUT2D eigenvalue weighted by atomic mass is 10.0. The van der Waals surface area contributed by atoms with Crippen LogP contribution in [0.2, 0.25) is 10.0 Å². The Morgan fingerprint density at radius 2 is 1.62 bits per heavy atom. The fraction of sp³-hybridized carbons (Fsp3) is 0.259. The highest BCUT2D eigenvalue weighted by Gasteiger charge is 2.31. The monoisotopic (exact) mass is 500 g/mol. The Morgan fingerprint density at radius 1 is 0.941 bits per heavy atom. The molecule has 1 N–H and O–H groups in total. The molecule has 0 saturated heterocycles. The summed E-state index contributed by atoms with van der Waals surface area (Å²) in [6, 6.07) is 19.6. The molecule has 34 heavy (non-hydrogen) atoms. The van der Waals surface area contributed by atoms with Gasteiger partial charge in [0.2, 0.25) is 11.8 Å². The molecular weight excluding hydrogens is 474 g/mol. The van der Waals surface area contributed by atoms with Crippen molar-refractivity contribution in [1.82, 2.24) is 10.2 Å². The lowest BCUT2D eigenvalue weighted by Crippen LogP contribution is -2.52. The van der Waals surface area contributed by atoms with Crippen LogP contribution in [0.1, 0.15) is 30.5 Å². The molecule has 2 amide bonds. The molecule has 0 aliphatic heterocycles.